The van der Waals surface area contributed by atoms with Gasteiger partial charge in [-0.3, -0.25) is 9.69 Å². The molecule has 1 atom stereocenters. The van der Waals surface area contributed by atoms with Crippen LogP contribution in [0.15, 0.2) is 29.4 Å². The van der Waals surface area contributed by atoms with Crippen LogP contribution in [0.25, 0.3) is 0 Å². The van der Waals surface area contributed by atoms with E-state index in [9.17, 15) is 9.59 Å². The number of hydrazone groups is 1. The van der Waals surface area contributed by atoms with Crippen LogP contribution in [0.3, 0.4) is 0 Å². The summed E-state index contributed by atoms with van der Waals surface area (Å²) in [6.45, 7) is 4.18. The van der Waals surface area contributed by atoms with E-state index in [0.29, 0.717) is 24.5 Å². The fraction of sp³-hybridized carbons (Fsp3) is 0.375. The molecule has 8 nitrogen and oxygen atoms in total. The van der Waals surface area contributed by atoms with E-state index in [1.54, 1.807) is 44.2 Å². The number of rotatable bonds is 5. The fourth-order valence-corrected chi connectivity index (χ4v) is 2.18. The minimum atomic E-state index is -0.770. The van der Waals surface area contributed by atoms with Crippen LogP contribution in [0.4, 0.5) is 5.69 Å². The topological polar surface area (TPSA) is 95.2 Å². The van der Waals surface area contributed by atoms with Crippen molar-refractivity contribution >= 4 is 23.3 Å². The second-order valence-electron chi connectivity index (χ2n) is 4.87. The molecule has 0 bridgehead atoms. The molecule has 1 aliphatic heterocycles. The van der Waals surface area contributed by atoms with E-state index < -0.39 is 18.2 Å². The summed E-state index contributed by atoms with van der Waals surface area (Å²) in [6, 6.07) is 8.27. The molecule has 0 aliphatic carbocycles. The van der Waals surface area contributed by atoms with Crippen molar-refractivity contribution in [3.05, 3.63) is 29.8 Å². The molecule has 0 saturated heterocycles. The molecule has 0 radical (unpaired) electrons. The highest BCUT2D eigenvalue weighted by Gasteiger charge is 2.35. The van der Waals surface area contributed by atoms with Crippen LogP contribution < -0.4 is 5.01 Å². The molecule has 0 fully saturated rings. The molecule has 1 aromatic rings. The highest BCUT2D eigenvalue weighted by atomic mass is 16.5. The summed E-state index contributed by atoms with van der Waals surface area (Å²) < 4.78 is 10.5. The van der Waals surface area contributed by atoms with Crippen LogP contribution in [-0.2, 0) is 14.3 Å². The fourth-order valence-electron chi connectivity index (χ4n) is 2.18. The quantitative estimate of drug-likeness (QED) is 0.756. The van der Waals surface area contributed by atoms with Gasteiger partial charge in [-0.05, 0) is 38.1 Å². The maximum absolute atomic E-state index is 12.0. The van der Waals surface area contributed by atoms with Crippen molar-refractivity contribution in [1.29, 1.82) is 5.26 Å². The standard InChI is InChI=1S/C16H18N4O4/c1-4-23-15(22)11-6-8-12(9-7-11)20-16(24-5-2)19(3)14(21)13(10-17)18-20/h6-9,16H,4-5H2,1-3H3. The third kappa shape index (κ3) is 3.36. The Bertz CT molecular complexity index is 693. The number of anilines is 1. The lowest BCUT2D eigenvalue weighted by atomic mass is 10.2. The Kier molecular flexibility index (Phi) is 5.50. The van der Waals surface area contributed by atoms with Gasteiger partial charge in [-0.25, -0.2) is 9.80 Å². The van der Waals surface area contributed by atoms with Gasteiger partial charge < -0.3 is 9.47 Å². The number of benzene rings is 1. The predicted octanol–water partition coefficient (Wildman–Crippen LogP) is 1.34. The molecule has 1 unspecified atom stereocenters. The van der Waals surface area contributed by atoms with E-state index >= 15 is 0 Å². The van der Waals surface area contributed by atoms with E-state index in [1.165, 1.54) is 17.0 Å². The number of ether oxygens (including phenoxy) is 2. The Morgan fingerprint density at radius 1 is 1.29 bits per heavy atom. The maximum atomic E-state index is 12.0. The number of nitriles is 1. The lowest BCUT2D eigenvalue weighted by Gasteiger charge is -2.38. The lowest BCUT2D eigenvalue weighted by Crippen LogP contribution is -2.55. The SMILES string of the molecule is CCOC(=O)c1ccc(N2N=C(C#N)C(=O)N(C)C2OCC)cc1. The molecule has 1 aromatic carbocycles. The van der Waals surface area contributed by atoms with Gasteiger partial charge in [-0.2, -0.15) is 10.4 Å². The van der Waals surface area contributed by atoms with Crippen LogP contribution in [0.2, 0.25) is 0 Å². The van der Waals surface area contributed by atoms with Crippen LogP contribution in [0.1, 0.15) is 24.2 Å². The lowest BCUT2D eigenvalue weighted by molar-refractivity contribution is -0.137. The largest absolute Gasteiger partial charge is 0.462 e. The molecule has 0 spiro atoms. The van der Waals surface area contributed by atoms with Crippen molar-refractivity contribution in [3.63, 3.8) is 0 Å². The Morgan fingerprint density at radius 2 is 1.96 bits per heavy atom. The molecular weight excluding hydrogens is 312 g/mol. The number of carbonyl (C=O) groups is 2. The molecule has 0 N–H and O–H groups in total. The Morgan fingerprint density at radius 3 is 2.50 bits per heavy atom. The minimum absolute atomic E-state index is 0.233. The van der Waals surface area contributed by atoms with Gasteiger partial charge in [0.15, 0.2) is 0 Å². The molecular formula is C16H18N4O4. The zero-order valence-corrected chi connectivity index (χ0v) is 13.7. The first-order valence-corrected chi connectivity index (χ1v) is 7.47. The zero-order valence-electron chi connectivity index (χ0n) is 13.7. The summed E-state index contributed by atoms with van der Waals surface area (Å²) in [5, 5.41) is 14.6. The second kappa shape index (κ2) is 7.57. The van der Waals surface area contributed by atoms with Gasteiger partial charge in [0.2, 0.25) is 12.1 Å². The van der Waals surface area contributed by atoms with Gasteiger partial charge >= 0.3 is 5.97 Å². The van der Waals surface area contributed by atoms with Crippen LogP contribution in [-0.4, -0.2) is 49.1 Å². The van der Waals surface area contributed by atoms with E-state index in [-0.39, 0.29) is 5.71 Å². The first kappa shape index (κ1) is 17.4. The second-order valence-corrected chi connectivity index (χ2v) is 4.87. The Balaban J connectivity index is 2.36. The molecule has 8 heteroatoms. The number of carbonyl (C=O) groups excluding carboxylic acids is 2. The normalized spacial score (nSPS) is 17.3. The zero-order chi connectivity index (χ0) is 17.7. The van der Waals surface area contributed by atoms with Gasteiger partial charge in [0.1, 0.15) is 6.07 Å². The van der Waals surface area contributed by atoms with Crippen molar-refractivity contribution in [1.82, 2.24) is 4.90 Å². The first-order chi connectivity index (χ1) is 11.5. The maximum Gasteiger partial charge on any atom is 0.338 e. The van der Waals surface area contributed by atoms with E-state index in [4.69, 9.17) is 14.7 Å². The van der Waals surface area contributed by atoms with Crippen LogP contribution in [0, 0.1) is 11.3 Å². The highest BCUT2D eigenvalue weighted by molar-refractivity contribution is 6.45. The molecule has 0 aromatic heterocycles. The molecule has 24 heavy (non-hydrogen) atoms. The van der Waals surface area contributed by atoms with Gasteiger partial charge in [0, 0.05) is 13.7 Å². The first-order valence-electron chi connectivity index (χ1n) is 7.47. The van der Waals surface area contributed by atoms with Gasteiger partial charge in [-0.15, -0.1) is 0 Å². The van der Waals surface area contributed by atoms with Crippen LogP contribution in [0.5, 0.6) is 0 Å². The third-order valence-corrected chi connectivity index (χ3v) is 3.34. The number of nitrogens with zero attached hydrogens (tertiary/aromatic N) is 4. The number of hydrogen-bond donors (Lipinski definition) is 0. The van der Waals surface area contributed by atoms with E-state index in [2.05, 4.69) is 5.10 Å². The van der Waals surface area contributed by atoms with Crippen molar-refractivity contribution in [2.24, 2.45) is 5.10 Å². The number of amides is 1. The molecule has 1 amide bonds. The molecule has 0 saturated carbocycles. The predicted molar refractivity (Wildman–Crippen MR) is 86.1 cm³/mol. The minimum Gasteiger partial charge on any atom is -0.462 e. The molecule has 1 aliphatic rings. The highest BCUT2D eigenvalue weighted by Crippen LogP contribution is 2.24. The van der Waals surface area contributed by atoms with Crippen molar-refractivity contribution in [3.8, 4) is 6.07 Å². The molecule has 2 rings (SSSR count). The summed E-state index contributed by atoms with van der Waals surface area (Å²) in [5.41, 5.74) is 0.746. The van der Waals surface area contributed by atoms with Crippen molar-refractivity contribution in [2.45, 2.75) is 20.2 Å². The summed E-state index contributed by atoms with van der Waals surface area (Å²) in [6.07, 6.45) is -0.770. The van der Waals surface area contributed by atoms with E-state index in [0.717, 1.165) is 0 Å². The molecule has 126 valence electrons. The van der Waals surface area contributed by atoms with Gasteiger partial charge in [-0.1, -0.05) is 0 Å². The van der Waals surface area contributed by atoms with E-state index in [1.807, 2.05) is 0 Å². The summed E-state index contributed by atoms with van der Waals surface area (Å²) in [4.78, 5) is 25.0. The number of hydrogen-bond acceptors (Lipinski definition) is 7. The van der Waals surface area contributed by atoms with Gasteiger partial charge in [0.25, 0.3) is 5.91 Å². The van der Waals surface area contributed by atoms with Crippen molar-refractivity contribution < 1.29 is 19.1 Å². The third-order valence-electron chi connectivity index (χ3n) is 3.34. The molecule has 1 heterocycles. The Labute approximate surface area is 139 Å². The average molecular weight is 330 g/mol. The monoisotopic (exact) mass is 330 g/mol. The summed E-state index contributed by atoms with van der Waals surface area (Å²) in [7, 11) is 1.54. The van der Waals surface area contributed by atoms with Crippen molar-refractivity contribution in [2.75, 3.05) is 25.3 Å². The summed E-state index contributed by atoms with van der Waals surface area (Å²) >= 11 is 0. The summed E-state index contributed by atoms with van der Waals surface area (Å²) in [5.74, 6) is -0.923. The van der Waals surface area contributed by atoms with Gasteiger partial charge in [0.05, 0.1) is 17.9 Å². The number of esters is 1. The smallest absolute Gasteiger partial charge is 0.338 e. The Hall–Kier alpha value is -2.92. The van der Waals surface area contributed by atoms with Crippen LogP contribution >= 0.6 is 0 Å². The average Bonchev–Trinajstić information content (AvgIpc) is 2.60.